The molecule has 0 saturated carbocycles. The highest BCUT2D eigenvalue weighted by Crippen LogP contribution is 2.20. The highest BCUT2D eigenvalue weighted by molar-refractivity contribution is 6.30. The van der Waals surface area contributed by atoms with Crippen molar-refractivity contribution in [2.75, 3.05) is 6.54 Å². The van der Waals surface area contributed by atoms with Crippen molar-refractivity contribution in [2.24, 2.45) is 0 Å². The van der Waals surface area contributed by atoms with E-state index < -0.39 is 0 Å². The van der Waals surface area contributed by atoms with E-state index in [1.54, 1.807) is 4.80 Å². The van der Waals surface area contributed by atoms with Crippen molar-refractivity contribution in [2.45, 2.75) is 45.7 Å². The van der Waals surface area contributed by atoms with Crippen LogP contribution in [0.3, 0.4) is 0 Å². The monoisotopic (exact) mass is 382 g/mol. The summed E-state index contributed by atoms with van der Waals surface area (Å²) in [5.74, 6) is 0. The fraction of sp³-hybridized carbons (Fsp3) is 0.364. The molecule has 0 radical (unpaired) electrons. The molecule has 3 rings (SSSR count). The summed E-state index contributed by atoms with van der Waals surface area (Å²) in [4.78, 5) is 1.77. The summed E-state index contributed by atoms with van der Waals surface area (Å²) in [5.41, 5.74) is 4.12. The van der Waals surface area contributed by atoms with E-state index in [1.165, 1.54) is 25.7 Å². The van der Waals surface area contributed by atoms with Crippen molar-refractivity contribution in [1.82, 2.24) is 20.3 Å². The molecule has 0 bridgehead atoms. The van der Waals surface area contributed by atoms with Gasteiger partial charge in [-0.15, -0.1) is 0 Å². The second-order valence-corrected chi connectivity index (χ2v) is 7.20. The topological polar surface area (TPSA) is 42.7 Å². The van der Waals surface area contributed by atoms with Gasteiger partial charge in [-0.05, 0) is 30.7 Å². The zero-order valence-corrected chi connectivity index (χ0v) is 16.6. The first-order chi connectivity index (χ1) is 13.3. The normalized spacial score (nSPS) is 11.0. The van der Waals surface area contributed by atoms with Gasteiger partial charge in [-0.2, -0.15) is 15.0 Å². The third-order valence-corrected chi connectivity index (χ3v) is 4.72. The van der Waals surface area contributed by atoms with Gasteiger partial charge < -0.3 is 5.32 Å². The van der Waals surface area contributed by atoms with Crippen LogP contribution in [0.5, 0.6) is 0 Å². The molecule has 0 fully saturated rings. The number of nitrogens with one attached hydrogen (secondary N) is 1. The van der Waals surface area contributed by atoms with Crippen molar-refractivity contribution in [3.8, 4) is 11.3 Å². The molecule has 0 saturated heterocycles. The lowest BCUT2D eigenvalue weighted by molar-refractivity contribution is 0.565. The number of nitrogens with zero attached hydrogens (tertiary/aromatic N) is 3. The molecule has 2 aromatic carbocycles. The first-order valence-electron chi connectivity index (χ1n) is 9.71. The van der Waals surface area contributed by atoms with Crippen molar-refractivity contribution >= 4 is 11.6 Å². The van der Waals surface area contributed by atoms with E-state index in [0.29, 0.717) is 6.54 Å². The average molecular weight is 383 g/mol. The average Bonchev–Trinajstić information content (AvgIpc) is 3.08. The van der Waals surface area contributed by atoms with Gasteiger partial charge in [0, 0.05) is 17.1 Å². The molecule has 3 aromatic rings. The van der Waals surface area contributed by atoms with Gasteiger partial charge in [0.2, 0.25) is 0 Å². The van der Waals surface area contributed by atoms with Crippen molar-refractivity contribution in [3.05, 3.63) is 70.9 Å². The lowest BCUT2D eigenvalue weighted by atomic mass is 10.1. The smallest absolute Gasteiger partial charge is 0.117 e. The van der Waals surface area contributed by atoms with Crippen LogP contribution in [0, 0.1) is 0 Å². The molecule has 1 N–H and O–H groups in total. The molecule has 0 atom stereocenters. The van der Waals surface area contributed by atoms with E-state index >= 15 is 0 Å². The van der Waals surface area contributed by atoms with Gasteiger partial charge in [-0.25, -0.2) is 0 Å². The standard InChI is InChI=1S/C22H27ClN4/c1-2-3-4-8-14-24-16-21-22(19-11-6-5-7-12-19)26-27(25-21)17-18-10-9-13-20(23)15-18/h5-7,9-13,15,24H,2-4,8,14,16-17H2,1H3. The van der Waals surface area contributed by atoms with Crippen LogP contribution in [-0.4, -0.2) is 21.5 Å². The Hall–Kier alpha value is -2.17. The highest BCUT2D eigenvalue weighted by atomic mass is 35.5. The number of aromatic nitrogens is 3. The molecule has 4 nitrogen and oxygen atoms in total. The first kappa shape index (κ1) is 19.6. The zero-order valence-electron chi connectivity index (χ0n) is 15.9. The Labute approximate surface area is 166 Å². The van der Waals surface area contributed by atoms with Gasteiger partial charge in [0.15, 0.2) is 0 Å². The van der Waals surface area contributed by atoms with Gasteiger partial charge in [-0.1, -0.05) is 80.3 Å². The van der Waals surface area contributed by atoms with Crippen molar-refractivity contribution in [1.29, 1.82) is 0 Å². The van der Waals surface area contributed by atoms with E-state index in [4.69, 9.17) is 21.8 Å². The molecule has 0 spiro atoms. The number of hydrogen-bond acceptors (Lipinski definition) is 3. The Morgan fingerprint density at radius 1 is 0.963 bits per heavy atom. The molecule has 0 unspecified atom stereocenters. The molecule has 1 heterocycles. The molecule has 0 aliphatic heterocycles. The predicted molar refractivity (Wildman–Crippen MR) is 112 cm³/mol. The van der Waals surface area contributed by atoms with Gasteiger partial charge in [0.1, 0.15) is 11.4 Å². The molecule has 1 aromatic heterocycles. The molecule has 0 aliphatic carbocycles. The summed E-state index contributed by atoms with van der Waals surface area (Å²) in [6.07, 6.45) is 5.03. The van der Waals surface area contributed by atoms with Crippen LogP contribution in [-0.2, 0) is 13.1 Å². The molecule has 27 heavy (non-hydrogen) atoms. The summed E-state index contributed by atoms with van der Waals surface area (Å²) < 4.78 is 0. The number of benzene rings is 2. The van der Waals surface area contributed by atoms with Crippen molar-refractivity contribution in [3.63, 3.8) is 0 Å². The van der Waals surface area contributed by atoms with E-state index in [-0.39, 0.29) is 0 Å². The van der Waals surface area contributed by atoms with Crippen LogP contribution in [0.15, 0.2) is 54.6 Å². The largest absolute Gasteiger partial charge is 0.311 e. The lowest BCUT2D eigenvalue weighted by Crippen LogP contribution is -2.16. The second-order valence-electron chi connectivity index (χ2n) is 6.76. The second kappa shape index (κ2) is 10.2. The molecular formula is C22H27ClN4. The number of rotatable bonds is 10. The maximum absolute atomic E-state index is 6.10. The van der Waals surface area contributed by atoms with Crippen LogP contribution < -0.4 is 5.32 Å². The molecule has 5 heteroatoms. The SMILES string of the molecule is CCCCCCNCc1nn(Cc2cccc(Cl)c2)nc1-c1ccccc1. The number of halogens is 1. The quantitative estimate of drug-likeness (QED) is 0.483. The van der Waals surface area contributed by atoms with E-state index in [2.05, 4.69) is 24.4 Å². The third-order valence-electron chi connectivity index (χ3n) is 4.48. The summed E-state index contributed by atoms with van der Waals surface area (Å²) in [7, 11) is 0. The molecule has 142 valence electrons. The zero-order chi connectivity index (χ0) is 18.9. The third kappa shape index (κ3) is 5.91. The van der Waals surface area contributed by atoms with Gasteiger partial charge >= 0.3 is 0 Å². The van der Waals surface area contributed by atoms with E-state index in [0.717, 1.165) is 40.6 Å². The van der Waals surface area contributed by atoms with Crippen LogP contribution in [0.4, 0.5) is 0 Å². The minimum atomic E-state index is 0.608. The number of hydrogen-bond donors (Lipinski definition) is 1. The predicted octanol–water partition coefficient (Wildman–Crippen LogP) is 5.32. The molecule has 0 amide bonds. The van der Waals surface area contributed by atoms with E-state index in [1.807, 2.05) is 42.5 Å². The van der Waals surface area contributed by atoms with Gasteiger partial charge in [-0.3, -0.25) is 0 Å². The Morgan fingerprint density at radius 2 is 1.81 bits per heavy atom. The summed E-state index contributed by atoms with van der Waals surface area (Å²) in [5, 5.41) is 13.8. The van der Waals surface area contributed by atoms with E-state index in [9.17, 15) is 0 Å². The molecule has 0 aliphatic rings. The van der Waals surface area contributed by atoms with Gasteiger partial charge in [0.25, 0.3) is 0 Å². The van der Waals surface area contributed by atoms with Crippen LogP contribution >= 0.6 is 11.6 Å². The number of unbranched alkanes of at least 4 members (excludes halogenated alkanes) is 3. The summed E-state index contributed by atoms with van der Waals surface area (Å²) in [6, 6.07) is 18.1. The Morgan fingerprint density at radius 3 is 2.59 bits per heavy atom. The minimum Gasteiger partial charge on any atom is -0.311 e. The van der Waals surface area contributed by atoms with Gasteiger partial charge in [0.05, 0.1) is 6.54 Å². The van der Waals surface area contributed by atoms with Crippen LogP contribution in [0.25, 0.3) is 11.3 Å². The summed E-state index contributed by atoms with van der Waals surface area (Å²) in [6.45, 7) is 4.58. The lowest BCUT2D eigenvalue weighted by Gasteiger charge is -2.04. The molecular weight excluding hydrogens is 356 g/mol. The fourth-order valence-electron chi connectivity index (χ4n) is 3.07. The van der Waals surface area contributed by atoms with Crippen LogP contribution in [0.2, 0.25) is 5.02 Å². The summed E-state index contributed by atoms with van der Waals surface area (Å²) >= 11 is 6.10. The van der Waals surface area contributed by atoms with Crippen LogP contribution in [0.1, 0.15) is 43.9 Å². The highest BCUT2D eigenvalue weighted by Gasteiger charge is 2.13. The maximum Gasteiger partial charge on any atom is 0.117 e. The maximum atomic E-state index is 6.10. The van der Waals surface area contributed by atoms with Crippen molar-refractivity contribution < 1.29 is 0 Å². The minimum absolute atomic E-state index is 0.608. The Kier molecular flexibility index (Phi) is 7.43. The fourth-order valence-corrected chi connectivity index (χ4v) is 3.29. The Balaban J connectivity index is 1.73. The first-order valence-corrected chi connectivity index (χ1v) is 10.1. The Bertz CT molecular complexity index is 829.